The highest BCUT2D eigenvalue weighted by Gasteiger charge is 2.45. The number of aromatic hydroxyl groups is 1. The van der Waals surface area contributed by atoms with E-state index in [2.05, 4.69) is 0 Å². The number of aliphatic hydroxyl groups excluding tert-OH is 4. The van der Waals surface area contributed by atoms with Crippen molar-refractivity contribution in [3.8, 4) is 5.75 Å². The van der Waals surface area contributed by atoms with Gasteiger partial charge in [0.05, 0.1) is 18.4 Å². The lowest BCUT2D eigenvalue weighted by atomic mass is 9.97. The van der Waals surface area contributed by atoms with Crippen molar-refractivity contribution in [3.63, 3.8) is 0 Å². The number of aliphatic hydroxyl groups is 4. The van der Waals surface area contributed by atoms with Crippen LogP contribution in [0.3, 0.4) is 0 Å². The van der Waals surface area contributed by atoms with Gasteiger partial charge in [-0.15, -0.1) is 0 Å². The van der Waals surface area contributed by atoms with Gasteiger partial charge >= 0.3 is 0 Å². The lowest BCUT2D eigenvalue weighted by Gasteiger charge is -2.40. The lowest BCUT2D eigenvalue weighted by molar-refractivity contribution is -0.306. The van der Waals surface area contributed by atoms with E-state index in [4.69, 9.17) is 13.9 Å². The molecule has 0 aliphatic carbocycles. The molecule has 1 aliphatic heterocycles. The Kier molecular flexibility index (Phi) is 6.56. The average Bonchev–Trinajstić information content (AvgIpc) is 3.26. The van der Waals surface area contributed by atoms with Gasteiger partial charge in [-0.3, -0.25) is 4.79 Å². The van der Waals surface area contributed by atoms with Crippen molar-refractivity contribution in [2.24, 2.45) is 0 Å². The highest BCUT2D eigenvalue weighted by atomic mass is 16.7. The van der Waals surface area contributed by atoms with Crippen LogP contribution in [0.4, 0.5) is 0 Å². The van der Waals surface area contributed by atoms with Crippen molar-refractivity contribution < 1.29 is 44.2 Å². The van der Waals surface area contributed by atoms with Crippen LogP contribution in [0, 0.1) is 0 Å². The van der Waals surface area contributed by atoms with Gasteiger partial charge in [0.25, 0.3) is 0 Å². The number of para-hydroxylation sites is 1. The highest BCUT2D eigenvalue weighted by molar-refractivity contribution is 6.02. The van der Waals surface area contributed by atoms with Gasteiger partial charge in [0.2, 0.25) is 0 Å². The highest BCUT2D eigenvalue weighted by Crippen LogP contribution is 2.27. The fraction of sp³-hybridized carbons (Fsp3) is 0.348. The molecule has 0 amide bonds. The van der Waals surface area contributed by atoms with E-state index in [0.717, 1.165) is 10.9 Å². The summed E-state index contributed by atoms with van der Waals surface area (Å²) in [5.41, 5.74) is 1.41. The van der Waals surface area contributed by atoms with E-state index in [0.29, 0.717) is 5.58 Å². The number of carbonyl (C=O) groups is 1. The first-order chi connectivity index (χ1) is 15.4. The molecule has 6 atom stereocenters. The second kappa shape index (κ2) is 9.37. The number of carbonyl (C=O) groups excluding carboxylic acids is 1. The van der Waals surface area contributed by atoms with Crippen LogP contribution in [0.1, 0.15) is 15.9 Å². The van der Waals surface area contributed by atoms with E-state index < -0.39 is 49.2 Å². The summed E-state index contributed by atoms with van der Waals surface area (Å²) in [5.74, 6) is -0.794. The number of benzene rings is 2. The molecule has 0 bridgehead atoms. The smallest absolute Gasteiger partial charge is 0.195 e. The number of Topliss-reactive ketones (excluding diaryl/α,β-unsaturated/α-hetero) is 1. The minimum Gasteiger partial charge on any atom is -0.507 e. The molecule has 2 unspecified atom stereocenters. The van der Waals surface area contributed by atoms with E-state index in [1.54, 1.807) is 36.6 Å². The fourth-order valence-corrected chi connectivity index (χ4v) is 3.76. The normalized spacial score (nSPS) is 26.8. The third-order valence-corrected chi connectivity index (χ3v) is 5.55. The number of ketones is 1. The quantitative estimate of drug-likeness (QED) is 0.333. The summed E-state index contributed by atoms with van der Waals surface area (Å²) in [6, 6.07) is 13.1. The third kappa shape index (κ3) is 4.40. The molecule has 0 spiro atoms. The number of ether oxygens (including phenoxy) is 2. The zero-order valence-corrected chi connectivity index (χ0v) is 16.9. The first kappa shape index (κ1) is 22.4. The lowest BCUT2D eigenvalue weighted by Crippen LogP contribution is -2.60. The van der Waals surface area contributed by atoms with Crippen molar-refractivity contribution in [1.82, 2.24) is 0 Å². The van der Waals surface area contributed by atoms with Crippen molar-refractivity contribution in [1.29, 1.82) is 0 Å². The van der Waals surface area contributed by atoms with Crippen LogP contribution in [0.5, 0.6) is 5.75 Å². The summed E-state index contributed by atoms with van der Waals surface area (Å²) in [6.45, 7) is -0.625. The molecule has 4 rings (SSSR count). The second-order valence-electron chi connectivity index (χ2n) is 7.70. The maximum absolute atomic E-state index is 13.3. The molecular formula is C23H24O9. The summed E-state index contributed by atoms with van der Waals surface area (Å²) in [7, 11) is 0. The molecule has 32 heavy (non-hydrogen) atoms. The summed E-state index contributed by atoms with van der Waals surface area (Å²) < 4.78 is 16.5. The summed E-state index contributed by atoms with van der Waals surface area (Å²) in [4.78, 5) is 13.3. The molecule has 2 aromatic carbocycles. The number of furan rings is 1. The van der Waals surface area contributed by atoms with Crippen LogP contribution in [0.25, 0.3) is 11.0 Å². The van der Waals surface area contributed by atoms with Gasteiger partial charge in [-0.2, -0.15) is 0 Å². The second-order valence-corrected chi connectivity index (χ2v) is 7.70. The van der Waals surface area contributed by atoms with E-state index in [1.807, 2.05) is 6.07 Å². The Morgan fingerprint density at radius 1 is 1.03 bits per heavy atom. The summed E-state index contributed by atoms with van der Waals surface area (Å²) in [5, 5.41) is 50.8. The standard InChI is InChI=1S/C23H24O9/c24-11-18-20(27)21(28)22(29)23(32-18)31-17(19(26)14-3-1-2-4-15(14)25)10-12-5-6-16-13(9-12)7-8-30-16/h1-9,17-18,20-25,27-29H,10-11H2/t17?,18-,20-,21+,22-,23?/m1/s1. The zero-order valence-electron chi connectivity index (χ0n) is 16.9. The van der Waals surface area contributed by atoms with Crippen LogP contribution >= 0.6 is 0 Å². The van der Waals surface area contributed by atoms with E-state index in [1.165, 1.54) is 12.1 Å². The summed E-state index contributed by atoms with van der Waals surface area (Å²) in [6.07, 6.45) is -7.14. The fourth-order valence-electron chi connectivity index (χ4n) is 3.76. The Morgan fingerprint density at radius 3 is 2.56 bits per heavy atom. The zero-order chi connectivity index (χ0) is 22.8. The maximum atomic E-state index is 13.3. The molecule has 0 saturated carbocycles. The predicted molar refractivity (Wildman–Crippen MR) is 111 cm³/mol. The van der Waals surface area contributed by atoms with Gasteiger partial charge < -0.3 is 39.4 Å². The SMILES string of the molecule is O=C(c1ccccc1O)C(Cc1ccc2occc2c1)OC1O[C@H](CO)[C@@H](O)[C@H](O)[C@H]1O. The third-order valence-electron chi connectivity index (χ3n) is 5.55. The summed E-state index contributed by atoms with van der Waals surface area (Å²) >= 11 is 0. The van der Waals surface area contributed by atoms with E-state index >= 15 is 0 Å². The molecule has 1 fully saturated rings. The van der Waals surface area contributed by atoms with Gasteiger partial charge in [-0.25, -0.2) is 0 Å². The van der Waals surface area contributed by atoms with Crippen molar-refractivity contribution in [2.75, 3.05) is 6.61 Å². The number of phenols is 1. The van der Waals surface area contributed by atoms with Gasteiger partial charge in [0.15, 0.2) is 12.1 Å². The maximum Gasteiger partial charge on any atom is 0.195 e. The predicted octanol–water partition coefficient (Wildman–Crippen LogP) is 0.749. The molecular weight excluding hydrogens is 420 g/mol. The van der Waals surface area contributed by atoms with Gasteiger partial charge in [-0.1, -0.05) is 18.2 Å². The first-order valence-corrected chi connectivity index (χ1v) is 10.1. The average molecular weight is 444 g/mol. The van der Waals surface area contributed by atoms with Crippen LogP contribution in [0.2, 0.25) is 0 Å². The minimum atomic E-state index is -1.66. The molecule has 170 valence electrons. The Hall–Kier alpha value is -2.79. The van der Waals surface area contributed by atoms with Gasteiger partial charge in [0, 0.05) is 11.8 Å². The molecule has 0 radical (unpaired) electrons. The molecule has 1 saturated heterocycles. The Balaban J connectivity index is 1.63. The molecule has 1 aliphatic rings. The van der Waals surface area contributed by atoms with Gasteiger partial charge in [0.1, 0.15) is 41.9 Å². The first-order valence-electron chi connectivity index (χ1n) is 10.1. The number of hydrogen-bond donors (Lipinski definition) is 5. The number of hydrogen-bond acceptors (Lipinski definition) is 9. The number of rotatable bonds is 7. The number of fused-ring (bicyclic) bond motifs is 1. The minimum absolute atomic E-state index is 0.0199. The van der Waals surface area contributed by atoms with Crippen LogP contribution in [-0.2, 0) is 15.9 Å². The molecule has 3 aromatic rings. The topological polar surface area (TPSA) is 150 Å². The van der Waals surface area contributed by atoms with Crippen molar-refractivity contribution in [3.05, 3.63) is 65.9 Å². The van der Waals surface area contributed by atoms with Crippen LogP contribution in [-0.4, -0.2) is 74.7 Å². The Morgan fingerprint density at radius 2 is 1.81 bits per heavy atom. The molecule has 2 heterocycles. The van der Waals surface area contributed by atoms with Gasteiger partial charge in [-0.05, 0) is 35.9 Å². The Bertz CT molecular complexity index is 1080. The molecule has 9 nitrogen and oxygen atoms in total. The largest absolute Gasteiger partial charge is 0.507 e. The van der Waals surface area contributed by atoms with Crippen molar-refractivity contribution in [2.45, 2.75) is 43.2 Å². The monoisotopic (exact) mass is 444 g/mol. The van der Waals surface area contributed by atoms with Crippen LogP contribution < -0.4 is 0 Å². The van der Waals surface area contributed by atoms with E-state index in [9.17, 15) is 30.3 Å². The van der Waals surface area contributed by atoms with Crippen LogP contribution in [0.15, 0.2) is 59.2 Å². The molecule has 9 heteroatoms. The number of phenolic OH excluding ortho intramolecular Hbond substituents is 1. The van der Waals surface area contributed by atoms with E-state index in [-0.39, 0.29) is 17.7 Å². The molecule has 5 N–H and O–H groups in total. The molecule has 1 aromatic heterocycles. The van der Waals surface area contributed by atoms with Crippen molar-refractivity contribution >= 4 is 16.8 Å². The Labute approximate surface area is 183 Å².